The van der Waals surface area contributed by atoms with Gasteiger partial charge in [0, 0.05) is 31.5 Å². The van der Waals surface area contributed by atoms with Gasteiger partial charge in [-0.1, -0.05) is 30.3 Å². The average molecular weight is 364 g/mol. The Bertz CT molecular complexity index is 913. The zero-order chi connectivity index (χ0) is 19.4. The first kappa shape index (κ1) is 18.6. The normalized spacial score (nSPS) is 10.5. The van der Waals surface area contributed by atoms with Crippen molar-refractivity contribution in [2.24, 2.45) is 0 Å². The topological polar surface area (TPSA) is 43.7 Å². The van der Waals surface area contributed by atoms with Gasteiger partial charge in [-0.25, -0.2) is 0 Å². The molecule has 5 heteroatoms. The molecule has 0 saturated carbocycles. The zero-order valence-electron chi connectivity index (χ0n) is 16.1. The van der Waals surface area contributed by atoms with Crippen LogP contribution in [0.15, 0.2) is 60.8 Å². The lowest BCUT2D eigenvalue weighted by Gasteiger charge is -2.16. The van der Waals surface area contributed by atoms with Crippen LogP contribution in [0.25, 0.3) is 5.69 Å². The molecule has 1 amide bonds. The van der Waals surface area contributed by atoms with Crippen LogP contribution in [0.2, 0.25) is 0 Å². The highest BCUT2D eigenvalue weighted by Gasteiger charge is 2.24. The molecule has 0 aliphatic rings. The van der Waals surface area contributed by atoms with Gasteiger partial charge in [0.2, 0.25) is 0 Å². The lowest BCUT2D eigenvalue weighted by Crippen LogP contribution is -2.24. The molecule has 0 aliphatic heterocycles. The van der Waals surface area contributed by atoms with Crippen LogP contribution in [-0.4, -0.2) is 36.6 Å². The summed E-state index contributed by atoms with van der Waals surface area (Å²) in [5.41, 5.74) is 3.35. The van der Waals surface area contributed by atoms with Gasteiger partial charge in [0.25, 0.3) is 5.91 Å². The van der Waals surface area contributed by atoms with E-state index in [2.05, 4.69) is 0 Å². The van der Waals surface area contributed by atoms with Gasteiger partial charge in [-0.3, -0.25) is 4.79 Å². The van der Waals surface area contributed by atoms with Crippen LogP contribution in [0, 0.1) is 6.92 Å². The van der Waals surface area contributed by atoms with Crippen molar-refractivity contribution in [3.8, 4) is 17.2 Å². The highest BCUT2D eigenvalue weighted by atomic mass is 16.5. The lowest BCUT2D eigenvalue weighted by atomic mass is 10.2. The number of methoxy groups -OCH3 is 1. The van der Waals surface area contributed by atoms with Crippen LogP contribution in [-0.2, 0) is 6.61 Å². The molecular weight excluding hydrogens is 340 g/mol. The summed E-state index contributed by atoms with van der Waals surface area (Å²) >= 11 is 0. The van der Waals surface area contributed by atoms with E-state index in [0.717, 1.165) is 22.6 Å². The molecule has 5 nitrogen and oxygen atoms in total. The molecule has 0 unspecified atom stereocenters. The molecule has 0 radical (unpaired) electrons. The van der Waals surface area contributed by atoms with Crippen molar-refractivity contribution < 1.29 is 14.3 Å². The van der Waals surface area contributed by atoms with E-state index in [4.69, 9.17) is 9.47 Å². The summed E-state index contributed by atoms with van der Waals surface area (Å²) in [5.74, 6) is 1.26. The van der Waals surface area contributed by atoms with Gasteiger partial charge in [-0.2, -0.15) is 0 Å². The van der Waals surface area contributed by atoms with Crippen molar-refractivity contribution in [1.82, 2.24) is 9.47 Å². The Hall–Kier alpha value is -3.21. The van der Waals surface area contributed by atoms with E-state index in [9.17, 15) is 4.79 Å². The molecular formula is C22H24N2O3. The Labute approximate surface area is 159 Å². The Morgan fingerprint density at radius 2 is 1.70 bits per heavy atom. The molecule has 0 N–H and O–H groups in total. The smallest absolute Gasteiger partial charge is 0.274 e. The molecule has 0 atom stereocenters. The third-order valence-corrected chi connectivity index (χ3v) is 4.32. The van der Waals surface area contributed by atoms with Crippen molar-refractivity contribution in [2.45, 2.75) is 13.5 Å². The Kier molecular flexibility index (Phi) is 5.50. The van der Waals surface area contributed by atoms with Gasteiger partial charge in [0.05, 0.1) is 7.11 Å². The second-order valence-electron chi connectivity index (χ2n) is 6.53. The third kappa shape index (κ3) is 3.97. The molecule has 140 valence electrons. The number of hydrogen-bond acceptors (Lipinski definition) is 3. The molecule has 0 spiro atoms. The maximum atomic E-state index is 12.9. The van der Waals surface area contributed by atoms with Crippen LogP contribution < -0.4 is 9.47 Å². The molecule has 3 aromatic rings. The number of aromatic nitrogens is 1. The van der Waals surface area contributed by atoms with E-state index in [0.29, 0.717) is 18.1 Å². The standard InChI is InChI=1S/C22H24N2O3/c1-16-14-24(18-10-12-19(26-4)13-11-18)20(22(25)23(2)3)21(16)27-15-17-8-6-5-7-9-17/h5-14H,15H2,1-4H3. The second kappa shape index (κ2) is 7.99. The maximum Gasteiger partial charge on any atom is 0.274 e. The van der Waals surface area contributed by atoms with Crippen molar-refractivity contribution in [2.75, 3.05) is 21.2 Å². The summed E-state index contributed by atoms with van der Waals surface area (Å²) in [5, 5.41) is 0. The average Bonchev–Trinajstić information content (AvgIpc) is 3.02. The Morgan fingerprint density at radius 1 is 1.04 bits per heavy atom. The quantitative estimate of drug-likeness (QED) is 0.662. The minimum atomic E-state index is -0.109. The van der Waals surface area contributed by atoms with Crippen LogP contribution in [0.4, 0.5) is 0 Å². The summed E-state index contributed by atoms with van der Waals surface area (Å²) in [7, 11) is 5.11. The van der Waals surface area contributed by atoms with Gasteiger partial charge in [0.1, 0.15) is 12.4 Å². The SMILES string of the molecule is COc1ccc(-n2cc(C)c(OCc3ccccc3)c2C(=O)N(C)C)cc1. The minimum Gasteiger partial charge on any atom is -0.497 e. The number of hydrogen-bond donors (Lipinski definition) is 0. The number of benzene rings is 2. The second-order valence-corrected chi connectivity index (χ2v) is 6.53. The van der Waals surface area contributed by atoms with Crippen molar-refractivity contribution >= 4 is 5.91 Å². The van der Waals surface area contributed by atoms with Gasteiger partial charge in [0.15, 0.2) is 11.4 Å². The lowest BCUT2D eigenvalue weighted by molar-refractivity contribution is 0.0814. The zero-order valence-corrected chi connectivity index (χ0v) is 16.1. The summed E-state index contributed by atoms with van der Waals surface area (Å²) < 4.78 is 13.2. The third-order valence-electron chi connectivity index (χ3n) is 4.32. The fourth-order valence-electron chi connectivity index (χ4n) is 2.88. The van der Waals surface area contributed by atoms with Gasteiger partial charge in [-0.15, -0.1) is 0 Å². The highest BCUT2D eigenvalue weighted by Crippen LogP contribution is 2.31. The van der Waals surface area contributed by atoms with Crippen LogP contribution >= 0.6 is 0 Å². The molecule has 3 rings (SSSR count). The molecule has 1 aromatic heterocycles. The number of ether oxygens (including phenoxy) is 2. The molecule has 2 aromatic carbocycles. The van der Waals surface area contributed by atoms with E-state index in [1.807, 2.05) is 72.3 Å². The number of amides is 1. The first-order valence-electron chi connectivity index (χ1n) is 8.76. The van der Waals surface area contributed by atoms with E-state index < -0.39 is 0 Å². The summed E-state index contributed by atoms with van der Waals surface area (Å²) in [6.07, 6.45) is 1.93. The largest absolute Gasteiger partial charge is 0.497 e. The fraction of sp³-hybridized carbons (Fsp3) is 0.227. The first-order chi connectivity index (χ1) is 13.0. The van der Waals surface area contributed by atoms with Gasteiger partial charge < -0.3 is 18.9 Å². The molecule has 0 fully saturated rings. The van der Waals surface area contributed by atoms with Crippen molar-refractivity contribution in [1.29, 1.82) is 0 Å². The Morgan fingerprint density at radius 3 is 2.30 bits per heavy atom. The van der Waals surface area contributed by atoms with Crippen LogP contribution in [0.1, 0.15) is 21.6 Å². The number of carbonyl (C=O) groups excluding carboxylic acids is 1. The molecule has 1 heterocycles. The van der Waals surface area contributed by atoms with Gasteiger partial charge in [-0.05, 0) is 36.8 Å². The minimum absolute atomic E-state index is 0.109. The van der Waals surface area contributed by atoms with E-state index in [-0.39, 0.29) is 5.91 Å². The number of carbonyl (C=O) groups is 1. The molecule has 0 bridgehead atoms. The predicted octanol–water partition coefficient (Wildman–Crippen LogP) is 4.08. The summed E-state index contributed by atoms with van der Waals surface area (Å²) in [4.78, 5) is 14.5. The fourth-order valence-corrected chi connectivity index (χ4v) is 2.88. The maximum absolute atomic E-state index is 12.9. The predicted molar refractivity (Wildman–Crippen MR) is 106 cm³/mol. The van der Waals surface area contributed by atoms with Crippen LogP contribution in [0.5, 0.6) is 11.5 Å². The van der Waals surface area contributed by atoms with Crippen molar-refractivity contribution in [3.63, 3.8) is 0 Å². The van der Waals surface area contributed by atoms with E-state index in [1.165, 1.54) is 0 Å². The number of rotatable bonds is 6. The monoisotopic (exact) mass is 364 g/mol. The number of aryl methyl sites for hydroxylation is 1. The summed E-state index contributed by atoms with van der Waals surface area (Å²) in [6.45, 7) is 2.36. The number of nitrogens with zero attached hydrogens (tertiary/aromatic N) is 2. The Balaban J connectivity index is 2.01. The molecule has 0 saturated heterocycles. The highest BCUT2D eigenvalue weighted by molar-refractivity contribution is 5.96. The first-order valence-corrected chi connectivity index (χ1v) is 8.76. The van der Waals surface area contributed by atoms with Crippen molar-refractivity contribution in [3.05, 3.63) is 77.6 Å². The van der Waals surface area contributed by atoms with E-state index in [1.54, 1.807) is 26.1 Å². The van der Waals surface area contributed by atoms with E-state index >= 15 is 0 Å². The molecule has 27 heavy (non-hydrogen) atoms. The molecule has 0 aliphatic carbocycles. The summed E-state index contributed by atoms with van der Waals surface area (Å²) in [6, 6.07) is 17.5. The van der Waals surface area contributed by atoms with Gasteiger partial charge >= 0.3 is 0 Å². The van der Waals surface area contributed by atoms with Crippen LogP contribution in [0.3, 0.4) is 0 Å².